The van der Waals surface area contributed by atoms with E-state index in [1.165, 1.54) is 4.90 Å². The molecule has 0 aliphatic carbocycles. The highest BCUT2D eigenvalue weighted by Crippen LogP contribution is 2.34. The molecular formula is C24H27NO6. The Morgan fingerprint density at radius 3 is 2.42 bits per heavy atom. The molecule has 1 aromatic carbocycles. The summed E-state index contributed by atoms with van der Waals surface area (Å²) in [7, 11) is 0. The second-order valence-electron chi connectivity index (χ2n) is 8.47. The second kappa shape index (κ2) is 7.87. The number of furan rings is 1. The molecule has 0 saturated carbocycles. The molecule has 3 aromatic rings. The minimum Gasteiger partial charge on any atom is -0.480 e. The lowest BCUT2D eigenvalue weighted by Gasteiger charge is -2.33. The normalized spacial score (nSPS) is 16.9. The third kappa shape index (κ3) is 3.52. The number of likely N-dealkylation sites (tertiary alicyclic amines) is 1. The summed E-state index contributed by atoms with van der Waals surface area (Å²) in [4.78, 5) is 38.5. The average molecular weight is 425 g/mol. The van der Waals surface area contributed by atoms with Crippen LogP contribution in [-0.2, 0) is 16.0 Å². The van der Waals surface area contributed by atoms with Gasteiger partial charge >= 0.3 is 11.6 Å². The molecular weight excluding hydrogens is 398 g/mol. The standard InChI is InChI=1S/C24H27NO6/c1-12-15(4)30-21-14(3)22-18(11-17(12)21)13(2)16(24(29)31-22)8-9-20(26)25-10-6-5-7-19(25)23(27)28/h11,19H,5-10H2,1-4H3,(H,27,28)/t19-/m0/s1. The Balaban J connectivity index is 1.69. The molecule has 164 valence electrons. The van der Waals surface area contributed by atoms with Gasteiger partial charge in [-0.3, -0.25) is 4.79 Å². The van der Waals surface area contributed by atoms with E-state index in [1.807, 2.05) is 33.8 Å². The Morgan fingerprint density at radius 1 is 1.03 bits per heavy atom. The van der Waals surface area contributed by atoms with E-state index < -0.39 is 17.6 Å². The van der Waals surface area contributed by atoms with Crippen molar-refractivity contribution >= 4 is 33.8 Å². The number of carboxylic acid groups (broad SMARTS) is 1. The molecule has 1 N–H and O–H groups in total. The first kappa shape index (κ1) is 21.2. The molecule has 4 rings (SSSR count). The topological polar surface area (TPSA) is 101 Å². The zero-order chi connectivity index (χ0) is 22.4. The van der Waals surface area contributed by atoms with Gasteiger partial charge in [-0.2, -0.15) is 0 Å². The largest absolute Gasteiger partial charge is 0.480 e. The Bertz CT molecular complexity index is 1270. The highest BCUT2D eigenvalue weighted by atomic mass is 16.4. The Labute approximate surface area is 179 Å². The smallest absolute Gasteiger partial charge is 0.339 e. The SMILES string of the molecule is Cc1oc2c(C)c3oc(=O)c(CCC(=O)N4CCCC[C@H]4C(=O)O)c(C)c3cc2c1C. The summed E-state index contributed by atoms with van der Waals surface area (Å²) in [5, 5.41) is 11.2. The van der Waals surface area contributed by atoms with E-state index in [1.54, 1.807) is 0 Å². The molecule has 1 aliphatic heterocycles. The molecule has 2 aromatic heterocycles. The first-order chi connectivity index (χ1) is 14.7. The van der Waals surface area contributed by atoms with Gasteiger partial charge in [0.05, 0.1) is 0 Å². The van der Waals surface area contributed by atoms with E-state index in [2.05, 4.69) is 0 Å². The van der Waals surface area contributed by atoms with Crippen molar-refractivity contribution in [1.29, 1.82) is 0 Å². The third-order valence-corrected chi connectivity index (χ3v) is 6.64. The van der Waals surface area contributed by atoms with Crippen molar-refractivity contribution in [3.63, 3.8) is 0 Å². The number of benzene rings is 1. The van der Waals surface area contributed by atoms with Crippen molar-refractivity contribution in [2.24, 2.45) is 0 Å². The van der Waals surface area contributed by atoms with Crippen LogP contribution in [0.25, 0.3) is 21.9 Å². The minimum absolute atomic E-state index is 0.0754. The zero-order valence-electron chi connectivity index (χ0n) is 18.3. The van der Waals surface area contributed by atoms with Gasteiger partial charge in [0.1, 0.15) is 23.0 Å². The highest BCUT2D eigenvalue weighted by molar-refractivity contribution is 6.00. The van der Waals surface area contributed by atoms with Gasteiger partial charge in [-0.1, -0.05) is 0 Å². The lowest BCUT2D eigenvalue weighted by Crippen LogP contribution is -2.48. The highest BCUT2D eigenvalue weighted by Gasteiger charge is 2.31. The lowest BCUT2D eigenvalue weighted by atomic mass is 9.97. The number of hydrogen-bond donors (Lipinski definition) is 1. The van der Waals surface area contributed by atoms with Crippen molar-refractivity contribution in [2.45, 2.75) is 65.8 Å². The van der Waals surface area contributed by atoms with Crippen LogP contribution in [0.4, 0.5) is 0 Å². The van der Waals surface area contributed by atoms with E-state index in [0.717, 1.165) is 51.6 Å². The van der Waals surface area contributed by atoms with E-state index in [0.29, 0.717) is 24.1 Å². The average Bonchev–Trinajstić information content (AvgIpc) is 3.03. The van der Waals surface area contributed by atoms with Crippen LogP contribution in [0.1, 0.15) is 53.7 Å². The number of rotatable bonds is 4. The minimum atomic E-state index is -0.972. The van der Waals surface area contributed by atoms with Crippen molar-refractivity contribution < 1.29 is 23.5 Å². The summed E-state index contributed by atoms with van der Waals surface area (Å²) >= 11 is 0. The van der Waals surface area contributed by atoms with Gasteiger partial charge in [-0.05, 0) is 70.6 Å². The van der Waals surface area contributed by atoms with Crippen LogP contribution in [0, 0.1) is 27.7 Å². The van der Waals surface area contributed by atoms with Crippen LogP contribution < -0.4 is 5.63 Å². The van der Waals surface area contributed by atoms with Gasteiger partial charge in [0.25, 0.3) is 0 Å². The summed E-state index contributed by atoms with van der Waals surface area (Å²) in [5.74, 6) is -0.382. The number of amides is 1. The fourth-order valence-electron chi connectivity index (χ4n) is 4.64. The Hall–Kier alpha value is -3.09. The maximum atomic E-state index is 12.8. The number of fused-ring (bicyclic) bond motifs is 2. The maximum absolute atomic E-state index is 12.8. The van der Waals surface area contributed by atoms with Crippen LogP contribution in [0.5, 0.6) is 0 Å². The predicted octanol–water partition coefficient (Wildman–Crippen LogP) is 4.17. The van der Waals surface area contributed by atoms with Crippen molar-refractivity contribution in [3.05, 3.63) is 44.5 Å². The van der Waals surface area contributed by atoms with Gasteiger partial charge in [-0.25, -0.2) is 9.59 Å². The van der Waals surface area contributed by atoms with Gasteiger partial charge in [0.15, 0.2) is 0 Å². The summed E-state index contributed by atoms with van der Waals surface area (Å²) in [6, 6.07) is 1.21. The van der Waals surface area contributed by atoms with Crippen molar-refractivity contribution in [1.82, 2.24) is 4.90 Å². The molecule has 1 atom stereocenters. The fourth-order valence-corrected chi connectivity index (χ4v) is 4.64. The van der Waals surface area contributed by atoms with E-state index in [-0.39, 0.29) is 18.7 Å². The van der Waals surface area contributed by atoms with E-state index in [4.69, 9.17) is 8.83 Å². The monoisotopic (exact) mass is 425 g/mol. The van der Waals surface area contributed by atoms with E-state index in [9.17, 15) is 19.5 Å². The van der Waals surface area contributed by atoms with Crippen molar-refractivity contribution in [3.8, 4) is 0 Å². The molecule has 3 heterocycles. The number of carboxylic acids is 1. The molecule has 0 bridgehead atoms. The predicted molar refractivity (Wildman–Crippen MR) is 117 cm³/mol. The summed E-state index contributed by atoms with van der Waals surface area (Å²) in [5.41, 5.74) is 3.83. The number of carbonyl (C=O) groups is 2. The van der Waals surface area contributed by atoms with Crippen LogP contribution >= 0.6 is 0 Å². The van der Waals surface area contributed by atoms with Crippen LogP contribution in [-0.4, -0.2) is 34.5 Å². The van der Waals surface area contributed by atoms with E-state index >= 15 is 0 Å². The molecule has 0 spiro atoms. The van der Waals surface area contributed by atoms with Crippen LogP contribution in [0.3, 0.4) is 0 Å². The van der Waals surface area contributed by atoms with Crippen LogP contribution in [0.15, 0.2) is 19.7 Å². The lowest BCUT2D eigenvalue weighted by molar-refractivity contribution is -0.152. The number of piperidine rings is 1. The maximum Gasteiger partial charge on any atom is 0.339 e. The molecule has 7 nitrogen and oxygen atoms in total. The molecule has 1 amide bonds. The number of hydrogen-bond acceptors (Lipinski definition) is 5. The van der Waals surface area contributed by atoms with Gasteiger partial charge in [-0.15, -0.1) is 0 Å². The molecule has 0 radical (unpaired) electrons. The second-order valence-corrected chi connectivity index (χ2v) is 8.47. The van der Waals surface area contributed by atoms with Crippen LogP contribution in [0.2, 0.25) is 0 Å². The molecule has 1 fully saturated rings. The molecule has 7 heteroatoms. The first-order valence-electron chi connectivity index (χ1n) is 10.7. The first-order valence-corrected chi connectivity index (χ1v) is 10.7. The zero-order valence-corrected chi connectivity index (χ0v) is 18.3. The number of nitrogens with zero attached hydrogens (tertiary/aromatic N) is 1. The van der Waals surface area contributed by atoms with Crippen molar-refractivity contribution in [2.75, 3.05) is 6.54 Å². The summed E-state index contributed by atoms with van der Waals surface area (Å²) in [6.45, 7) is 8.09. The number of aryl methyl sites for hydroxylation is 4. The third-order valence-electron chi connectivity index (χ3n) is 6.64. The number of carbonyl (C=O) groups excluding carboxylic acids is 1. The Kier molecular flexibility index (Phi) is 5.37. The van der Waals surface area contributed by atoms with Gasteiger partial charge in [0.2, 0.25) is 5.91 Å². The van der Waals surface area contributed by atoms with Gasteiger partial charge in [0, 0.05) is 34.9 Å². The fraction of sp³-hybridized carbons (Fsp3) is 0.458. The molecule has 1 saturated heterocycles. The summed E-state index contributed by atoms with van der Waals surface area (Å²) in [6.07, 6.45) is 2.36. The Morgan fingerprint density at radius 2 is 1.71 bits per heavy atom. The number of aliphatic carboxylic acids is 1. The quantitative estimate of drug-likeness (QED) is 0.630. The molecule has 31 heavy (non-hydrogen) atoms. The molecule has 1 aliphatic rings. The molecule has 0 unspecified atom stereocenters. The van der Waals surface area contributed by atoms with Gasteiger partial charge < -0.3 is 18.8 Å². The summed E-state index contributed by atoms with van der Waals surface area (Å²) < 4.78 is 11.5.